The van der Waals surface area contributed by atoms with Gasteiger partial charge in [-0.1, -0.05) is 298 Å². The Labute approximate surface area is 826 Å². The number of nitrogens with zero attached hydrogens (tertiary/aromatic N) is 6. The molecule has 0 saturated carbocycles. The zero-order valence-electron chi connectivity index (χ0n) is 80.6. The summed E-state index contributed by atoms with van der Waals surface area (Å²) in [5.74, 6) is 1.93. The fourth-order valence-corrected chi connectivity index (χ4v) is 27.0. The van der Waals surface area contributed by atoms with Crippen LogP contribution in [-0.2, 0) is 21.7 Å². The Morgan fingerprint density at radius 1 is 0.140 bits per heavy atom. The van der Waals surface area contributed by atoms with Gasteiger partial charge in [0.15, 0.2) is 0 Å². The van der Waals surface area contributed by atoms with Crippen LogP contribution in [0.15, 0.2) is 425 Å². The van der Waals surface area contributed by atoms with Crippen molar-refractivity contribution in [3.63, 3.8) is 0 Å². The van der Waals surface area contributed by atoms with E-state index in [1.807, 2.05) is 0 Å². The lowest BCUT2D eigenvalue weighted by Gasteiger charge is -2.22. The van der Waals surface area contributed by atoms with Crippen LogP contribution in [0.25, 0.3) is 254 Å². The van der Waals surface area contributed by atoms with Crippen LogP contribution >= 0.6 is 0 Å². The van der Waals surface area contributed by atoms with E-state index in [0.717, 1.165) is 78.2 Å². The molecule has 27 aromatic rings. The molecule has 0 bridgehead atoms. The number of aromatic nitrogens is 7. The van der Waals surface area contributed by atoms with Crippen molar-refractivity contribution in [1.82, 2.24) is 32.4 Å². The Kier molecular flexibility index (Phi) is 16.1. The maximum absolute atomic E-state index is 4.19. The zero-order valence-corrected chi connectivity index (χ0v) is 80.6. The molecule has 0 amide bonds. The average molecular weight is 1830 g/mol. The van der Waals surface area contributed by atoms with Crippen molar-refractivity contribution in [2.24, 2.45) is 0 Å². The number of rotatable bonds is 10. The largest absolute Gasteiger partial charge is 0.327 e. The van der Waals surface area contributed by atoms with Crippen LogP contribution in [0.4, 0.5) is 0 Å². The second-order valence-corrected chi connectivity index (χ2v) is 42.8. The molecule has 1 N–H and O–H groups in total. The smallest absolute Gasteiger partial charge is 0.116 e. The molecule has 0 unspecified atom stereocenters. The average Bonchev–Trinajstić information content (AvgIpc) is 1.57. The number of hydrogen-bond acceptors (Lipinski definition) is 0. The quantitative estimate of drug-likeness (QED) is 0.142. The molecular formula is C136H95N7. The third-order valence-electron chi connectivity index (χ3n) is 34.0. The van der Waals surface area contributed by atoms with E-state index >= 15 is 0 Å². The van der Waals surface area contributed by atoms with E-state index in [0.29, 0.717) is 0 Å². The van der Waals surface area contributed by atoms with E-state index in [9.17, 15) is 0 Å². The lowest BCUT2D eigenvalue weighted by molar-refractivity contribution is 0.660. The number of nitrogens with one attached hydrogen (secondary N) is 1. The molecular weight excluding hydrogens is 1730 g/mol. The number of benzene rings is 20. The molecule has 4 aliphatic carbocycles. The van der Waals surface area contributed by atoms with E-state index in [4.69, 9.17) is 0 Å². The van der Waals surface area contributed by atoms with Crippen molar-refractivity contribution in [2.45, 2.75) is 77.0 Å². The van der Waals surface area contributed by atoms with Gasteiger partial charge in [-0.3, -0.25) is 9.13 Å². The van der Waals surface area contributed by atoms with E-state index in [1.54, 1.807) is 0 Å². The van der Waals surface area contributed by atoms with Crippen molar-refractivity contribution in [1.29, 1.82) is 0 Å². The first-order valence-electron chi connectivity index (χ1n) is 50.4. The summed E-state index contributed by atoms with van der Waals surface area (Å²) in [7, 11) is 0. The highest BCUT2D eigenvalue weighted by molar-refractivity contribution is 6.19. The van der Waals surface area contributed by atoms with Crippen molar-refractivity contribution in [3.8, 4) is 123 Å². The molecule has 0 atom stereocenters. The molecule has 7 nitrogen and oxygen atoms in total. The number of aromatic amines is 1. The first-order valence-corrected chi connectivity index (χ1v) is 50.4. The van der Waals surface area contributed by atoms with Crippen molar-refractivity contribution < 1.29 is 0 Å². The first-order chi connectivity index (χ1) is 69.9. The van der Waals surface area contributed by atoms with Gasteiger partial charge in [-0.05, 0) is 316 Å². The summed E-state index contributed by atoms with van der Waals surface area (Å²) in [5.41, 5.74) is 48.8. The predicted molar refractivity (Wildman–Crippen MR) is 599 cm³/mol. The standard InChI is InChI=1S/C136H95N7/c1-133(2)111-33-17-9-25-91(111)95-53-49-87(75-115(95)133)138-119-37-21-13-29-99(119)103-67-79(41-57-123(103)138)83-45-61-127-107(71-83)108-72-84(80-42-58-124-104(68-80)100-30-14-22-38-120(100)139(124)88-50-54-96-92-26-10-18-34-112(92)134(3,4)116(96)76-88)46-62-128(108)142(127)131-65-66-132(137-131)143-129-63-47-85(81-43-59-125-105(69-81)101-31-15-23-39-121(101)140(125)89-51-55-97-93-27-11-19-35-113(93)135(5,6)117(97)77-89)73-109(129)110-74-86(48-64-130(110)143)82-44-60-126-106(70-82)102-32-16-24-40-122(102)141(126)90-52-56-98-94-28-12-20-36-114(94)136(7,8)118(98)78-90/h9-78,137H,1-8H3. The van der Waals surface area contributed by atoms with Crippen LogP contribution in [0, 0.1) is 0 Å². The maximum Gasteiger partial charge on any atom is 0.116 e. The first kappa shape index (κ1) is 80.4. The number of H-pyrrole nitrogens is 1. The lowest BCUT2D eigenvalue weighted by atomic mass is 9.82. The van der Waals surface area contributed by atoms with Crippen LogP contribution in [0.1, 0.15) is 99.9 Å². The summed E-state index contributed by atoms with van der Waals surface area (Å²) in [6, 6.07) is 162. The summed E-state index contributed by atoms with van der Waals surface area (Å²) in [4.78, 5) is 4.19. The van der Waals surface area contributed by atoms with Gasteiger partial charge in [-0.2, -0.15) is 0 Å². The molecule has 7 heterocycles. The Hall–Kier alpha value is -17.5. The SMILES string of the molecule is CC1(C)c2ccccc2-c2ccc(-n3c4ccccc4c4cc(-c5ccc6c(c5)c5cc(-c7ccc8c(c7)c7ccccc7n8-c7ccc8c(c7)C(C)(C)c7ccccc7-8)ccc5n6-c5ccc(-n6c7ccc(-c8ccc9c(c8)c8ccccc8n9-c8ccc9c(c8)C(C)(C)c8ccccc8-9)cc7c7cc(-c8ccc9c(c8)c8ccccc8n9-c8ccc9c(c8)C(C)(C)c8ccccc8-9)ccc76)[nH]5)ccc43)cc21. The highest BCUT2D eigenvalue weighted by Crippen LogP contribution is 2.57. The number of fused-ring (bicyclic) bond motifs is 30. The Morgan fingerprint density at radius 3 is 0.538 bits per heavy atom. The van der Waals surface area contributed by atoms with Crippen LogP contribution < -0.4 is 0 Å². The molecule has 0 saturated heterocycles. The molecule has 20 aromatic carbocycles. The van der Waals surface area contributed by atoms with Crippen LogP contribution in [0.3, 0.4) is 0 Å². The fraction of sp³-hybridized carbons (Fsp3) is 0.0882. The molecule has 0 radical (unpaired) electrons. The van der Waals surface area contributed by atoms with E-state index in [2.05, 4.69) is 512 Å². The van der Waals surface area contributed by atoms with Crippen molar-refractivity contribution in [3.05, 3.63) is 469 Å². The molecule has 0 aliphatic heterocycles. The van der Waals surface area contributed by atoms with E-state index in [1.165, 1.54) is 221 Å². The minimum absolute atomic E-state index is 0.141. The monoisotopic (exact) mass is 1830 g/mol. The third-order valence-corrected chi connectivity index (χ3v) is 34.0. The summed E-state index contributed by atoms with van der Waals surface area (Å²) >= 11 is 0. The molecule has 143 heavy (non-hydrogen) atoms. The minimum atomic E-state index is -0.141. The van der Waals surface area contributed by atoms with E-state index in [-0.39, 0.29) is 21.7 Å². The van der Waals surface area contributed by atoms with Gasteiger partial charge in [-0.15, -0.1) is 0 Å². The van der Waals surface area contributed by atoms with Crippen molar-refractivity contribution in [2.75, 3.05) is 0 Å². The second-order valence-electron chi connectivity index (χ2n) is 42.8. The predicted octanol–water partition coefficient (Wildman–Crippen LogP) is 35.5. The highest BCUT2D eigenvalue weighted by Gasteiger charge is 2.41. The van der Waals surface area contributed by atoms with Gasteiger partial charge in [0.2, 0.25) is 0 Å². The second kappa shape index (κ2) is 28.6. The Balaban J connectivity index is 0.571. The molecule has 0 spiro atoms. The van der Waals surface area contributed by atoms with Gasteiger partial charge < -0.3 is 23.3 Å². The Morgan fingerprint density at radius 2 is 0.315 bits per heavy atom. The summed E-state index contributed by atoms with van der Waals surface area (Å²) in [6.07, 6.45) is 0. The number of para-hydroxylation sites is 4. The normalized spacial score (nSPS) is 14.4. The Bertz CT molecular complexity index is 9240. The lowest BCUT2D eigenvalue weighted by Crippen LogP contribution is -2.15. The van der Waals surface area contributed by atoms with Crippen LogP contribution in [0.2, 0.25) is 0 Å². The number of hydrogen-bond donors (Lipinski definition) is 1. The molecule has 674 valence electrons. The topological polar surface area (TPSA) is 45.4 Å². The van der Waals surface area contributed by atoms with Gasteiger partial charge in [0.1, 0.15) is 11.6 Å². The molecule has 0 fully saturated rings. The van der Waals surface area contributed by atoms with Gasteiger partial charge in [0, 0.05) is 109 Å². The highest BCUT2D eigenvalue weighted by atomic mass is 15.1. The van der Waals surface area contributed by atoms with Gasteiger partial charge in [-0.25, -0.2) is 0 Å². The van der Waals surface area contributed by atoms with Gasteiger partial charge >= 0.3 is 0 Å². The molecule has 7 heteroatoms. The molecule has 7 aromatic heterocycles. The fourth-order valence-electron chi connectivity index (χ4n) is 27.0. The van der Waals surface area contributed by atoms with Crippen molar-refractivity contribution >= 4 is 131 Å². The zero-order chi connectivity index (χ0) is 94.8. The van der Waals surface area contributed by atoms with Gasteiger partial charge in [0.05, 0.1) is 66.2 Å². The summed E-state index contributed by atoms with van der Waals surface area (Å²) < 4.78 is 14.9. The van der Waals surface area contributed by atoms with Crippen LogP contribution in [-0.4, -0.2) is 32.4 Å². The van der Waals surface area contributed by atoms with Gasteiger partial charge in [0.25, 0.3) is 0 Å². The summed E-state index contributed by atoms with van der Waals surface area (Å²) in [5, 5.41) is 14.4. The molecule has 4 aliphatic rings. The molecule has 31 rings (SSSR count). The minimum Gasteiger partial charge on any atom is -0.327 e. The van der Waals surface area contributed by atoms with E-state index < -0.39 is 0 Å². The third kappa shape index (κ3) is 11.0. The van der Waals surface area contributed by atoms with Crippen LogP contribution in [0.5, 0.6) is 0 Å². The summed E-state index contributed by atoms with van der Waals surface area (Å²) in [6.45, 7) is 19.0. The maximum atomic E-state index is 4.19.